The molecule has 17 heavy (non-hydrogen) atoms. The van der Waals surface area contributed by atoms with Crippen LogP contribution in [0.15, 0.2) is 5.10 Å². The van der Waals surface area contributed by atoms with Crippen molar-refractivity contribution in [3.63, 3.8) is 0 Å². The van der Waals surface area contributed by atoms with E-state index in [9.17, 15) is 23.1 Å². The second kappa shape index (κ2) is 4.52. The number of alkyl halides is 3. The molecule has 98 valence electrons. The quantitative estimate of drug-likeness (QED) is 0.818. The summed E-state index contributed by atoms with van der Waals surface area (Å²) in [6.07, 6.45) is -6.82. The molecule has 0 aliphatic carbocycles. The molecule has 0 saturated carbocycles. The van der Waals surface area contributed by atoms with Gasteiger partial charge in [-0.1, -0.05) is 6.92 Å². The van der Waals surface area contributed by atoms with E-state index in [4.69, 9.17) is 0 Å². The molecular weight excluding hydrogens is 241 g/mol. The van der Waals surface area contributed by atoms with E-state index in [0.29, 0.717) is 0 Å². The Balaban J connectivity index is 3.03. The summed E-state index contributed by atoms with van der Waals surface area (Å²) in [6.45, 7) is 2.94. The van der Waals surface area contributed by atoms with Crippen LogP contribution >= 0.6 is 0 Å². The predicted octanol–water partition coefficient (Wildman–Crippen LogP) is 1.87. The van der Waals surface area contributed by atoms with E-state index in [-0.39, 0.29) is 23.7 Å². The van der Waals surface area contributed by atoms with Gasteiger partial charge in [0.05, 0.1) is 6.61 Å². The van der Waals surface area contributed by atoms with Gasteiger partial charge in [0.25, 0.3) is 5.72 Å². The molecule has 0 aromatic heterocycles. The Kier molecular flexibility index (Phi) is 3.65. The lowest BCUT2D eigenvalue weighted by molar-refractivity contribution is -0.299. The monoisotopic (exact) mass is 254 g/mol. The number of carbonyl (C=O) groups is 1. The number of hydrogen-bond acceptors (Lipinski definition) is 4. The second-order valence-electron chi connectivity index (χ2n) is 3.52. The standard InChI is InChI=1S/C9H13F3N2O3/c1-3-6-5-8(16,9(10,11)12)14(13-6)7(15)17-4-2/h16H,3-5H2,1-2H3/t8-/m0/s1. The van der Waals surface area contributed by atoms with E-state index in [0.717, 1.165) is 0 Å². The van der Waals surface area contributed by atoms with Crippen molar-refractivity contribution in [2.45, 2.75) is 38.6 Å². The van der Waals surface area contributed by atoms with E-state index in [2.05, 4.69) is 9.84 Å². The average molecular weight is 254 g/mol. The second-order valence-corrected chi connectivity index (χ2v) is 3.52. The molecule has 5 nitrogen and oxygen atoms in total. The Morgan fingerprint density at radius 1 is 1.59 bits per heavy atom. The molecule has 1 rings (SSSR count). The number of nitrogens with zero attached hydrogens (tertiary/aromatic N) is 2. The van der Waals surface area contributed by atoms with Crippen molar-refractivity contribution >= 4 is 11.8 Å². The minimum Gasteiger partial charge on any atom is -0.448 e. The highest BCUT2D eigenvalue weighted by molar-refractivity contribution is 5.89. The van der Waals surface area contributed by atoms with Crippen LogP contribution in [0.25, 0.3) is 0 Å². The molecule has 0 fully saturated rings. The van der Waals surface area contributed by atoms with Crippen molar-refractivity contribution in [1.82, 2.24) is 5.01 Å². The number of rotatable bonds is 2. The maximum atomic E-state index is 12.7. The van der Waals surface area contributed by atoms with Gasteiger partial charge in [0.15, 0.2) is 0 Å². The summed E-state index contributed by atoms with van der Waals surface area (Å²) in [5.41, 5.74) is -3.21. The predicted molar refractivity (Wildman–Crippen MR) is 52.2 cm³/mol. The van der Waals surface area contributed by atoms with Gasteiger partial charge in [0.1, 0.15) is 0 Å². The van der Waals surface area contributed by atoms with E-state index >= 15 is 0 Å². The number of aliphatic hydroxyl groups is 1. The maximum Gasteiger partial charge on any atom is 0.439 e. The summed E-state index contributed by atoms with van der Waals surface area (Å²) in [4.78, 5) is 11.3. The summed E-state index contributed by atoms with van der Waals surface area (Å²) in [6, 6.07) is 0. The number of carbonyl (C=O) groups excluding carboxylic acids is 1. The van der Waals surface area contributed by atoms with E-state index < -0.39 is 24.4 Å². The van der Waals surface area contributed by atoms with Crippen LogP contribution < -0.4 is 0 Å². The lowest BCUT2D eigenvalue weighted by atomic mass is 10.1. The van der Waals surface area contributed by atoms with Gasteiger partial charge < -0.3 is 9.84 Å². The van der Waals surface area contributed by atoms with Gasteiger partial charge in [0.2, 0.25) is 0 Å². The van der Waals surface area contributed by atoms with Gasteiger partial charge in [-0.15, -0.1) is 0 Å². The molecule has 1 amide bonds. The van der Waals surface area contributed by atoms with Crippen molar-refractivity contribution in [1.29, 1.82) is 0 Å². The Hall–Kier alpha value is -1.31. The fraction of sp³-hybridized carbons (Fsp3) is 0.778. The number of hydrazone groups is 1. The van der Waals surface area contributed by atoms with Crippen molar-refractivity contribution in [3.05, 3.63) is 0 Å². The SMILES string of the molecule is CCOC(=O)N1N=C(CC)C[C@]1(O)C(F)(F)F. The summed E-state index contributed by atoms with van der Waals surface area (Å²) in [7, 11) is 0. The van der Waals surface area contributed by atoms with E-state index in [1.54, 1.807) is 6.92 Å². The summed E-state index contributed by atoms with van der Waals surface area (Å²) in [5, 5.41) is 13.0. The third-order valence-electron chi connectivity index (χ3n) is 2.35. The highest BCUT2D eigenvalue weighted by Crippen LogP contribution is 2.40. The zero-order chi connectivity index (χ0) is 13.3. The van der Waals surface area contributed by atoms with Gasteiger partial charge >= 0.3 is 12.3 Å². The zero-order valence-corrected chi connectivity index (χ0v) is 9.41. The van der Waals surface area contributed by atoms with Crippen LogP contribution in [-0.2, 0) is 4.74 Å². The van der Waals surface area contributed by atoms with E-state index in [1.165, 1.54) is 6.92 Å². The summed E-state index contributed by atoms with van der Waals surface area (Å²) >= 11 is 0. The molecule has 0 aromatic carbocycles. The molecule has 0 spiro atoms. The minimum absolute atomic E-state index is 0.0324. The Morgan fingerprint density at radius 2 is 2.18 bits per heavy atom. The van der Waals surface area contributed by atoms with Crippen LogP contribution in [0.4, 0.5) is 18.0 Å². The summed E-state index contributed by atoms with van der Waals surface area (Å²) < 4.78 is 42.6. The first-order valence-electron chi connectivity index (χ1n) is 5.08. The normalized spacial score (nSPS) is 24.8. The number of ether oxygens (including phenoxy) is 1. The molecule has 1 atom stereocenters. The van der Waals surface area contributed by atoms with Crippen LogP contribution in [0.5, 0.6) is 0 Å². The van der Waals surface area contributed by atoms with Gasteiger partial charge in [-0.25, -0.2) is 4.79 Å². The molecule has 0 saturated heterocycles. The first-order chi connectivity index (χ1) is 7.76. The van der Waals surface area contributed by atoms with Crippen LogP contribution in [0.1, 0.15) is 26.7 Å². The number of hydrogen-bond donors (Lipinski definition) is 1. The van der Waals surface area contributed by atoms with Crippen molar-refractivity contribution in [2.75, 3.05) is 6.61 Å². The maximum absolute atomic E-state index is 12.7. The molecule has 0 radical (unpaired) electrons. The van der Waals surface area contributed by atoms with Crippen LogP contribution in [0.2, 0.25) is 0 Å². The Morgan fingerprint density at radius 3 is 2.59 bits per heavy atom. The molecule has 1 heterocycles. The lowest BCUT2D eigenvalue weighted by Gasteiger charge is -2.31. The molecule has 8 heteroatoms. The third kappa shape index (κ3) is 2.36. The smallest absolute Gasteiger partial charge is 0.439 e. The molecule has 0 bridgehead atoms. The third-order valence-corrected chi connectivity index (χ3v) is 2.35. The Bertz CT molecular complexity index is 343. The van der Waals surface area contributed by atoms with Gasteiger partial charge in [-0.2, -0.15) is 23.3 Å². The number of halogens is 3. The van der Waals surface area contributed by atoms with Crippen LogP contribution in [0, 0.1) is 0 Å². The first kappa shape index (κ1) is 13.8. The molecule has 1 N–H and O–H groups in total. The average Bonchev–Trinajstić information content (AvgIpc) is 2.56. The van der Waals surface area contributed by atoms with Gasteiger partial charge in [0, 0.05) is 12.1 Å². The molecule has 0 aromatic rings. The fourth-order valence-electron chi connectivity index (χ4n) is 1.41. The minimum atomic E-state index is -4.99. The molecule has 1 aliphatic rings. The Labute approximate surface area is 95.8 Å². The van der Waals surface area contributed by atoms with Gasteiger partial charge in [-0.3, -0.25) is 0 Å². The molecule has 1 aliphatic heterocycles. The zero-order valence-electron chi connectivity index (χ0n) is 9.41. The topological polar surface area (TPSA) is 62.1 Å². The van der Waals surface area contributed by atoms with Crippen molar-refractivity contribution in [3.8, 4) is 0 Å². The van der Waals surface area contributed by atoms with Crippen LogP contribution in [-0.4, -0.2) is 40.4 Å². The van der Waals surface area contributed by atoms with Crippen LogP contribution in [0.3, 0.4) is 0 Å². The largest absolute Gasteiger partial charge is 0.448 e. The van der Waals surface area contributed by atoms with Gasteiger partial charge in [-0.05, 0) is 13.3 Å². The number of amides is 1. The van der Waals surface area contributed by atoms with Crippen molar-refractivity contribution < 1.29 is 27.8 Å². The molecular formula is C9H13F3N2O3. The summed E-state index contributed by atoms with van der Waals surface area (Å²) in [5.74, 6) is 0. The fourth-order valence-corrected chi connectivity index (χ4v) is 1.41. The lowest BCUT2D eigenvalue weighted by Crippen LogP contribution is -2.56. The highest BCUT2D eigenvalue weighted by atomic mass is 19.4. The van der Waals surface area contributed by atoms with Crippen molar-refractivity contribution in [2.24, 2.45) is 5.10 Å². The highest BCUT2D eigenvalue weighted by Gasteiger charge is 2.63. The first-order valence-corrected chi connectivity index (χ1v) is 5.08. The van der Waals surface area contributed by atoms with E-state index in [1.807, 2.05) is 0 Å². The molecule has 0 unspecified atom stereocenters.